The molecule has 0 saturated carbocycles. The molecule has 1 unspecified atom stereocenters. The number of hydrogen-bond donors (Lipinski definition) is 4. The van der Waals surface area contributed by atoms with Crippen molar-refractivity contribution >= 4 is 52.5 Å². The summed E-state index contributed by atoms with van der Waals surface area (Å²) in [5, 5.41) is 18.4. The average Bonchev–Trinajstić information content (AvgIpc) is 2.97. The van der Waals surface area contributed by atoms with Crippen LogP contribution in [0.25, 0.3) is 0 Å². The van der Waals surface area contributed by atoms with E-state index in [0.29, 0.717) is 60.2 Å². The van der Waals surface area contributed by atoms with Gasteiger partial charge < -0.3 is 30.9 Å². The molecule has 4 rings (SSSR count). The van der Waals surface area contributed by atoms with E-state index in [1.54, 1.807) is 60.8 Å². The van der Waals surface area contributed by atoms with Gasteiger partial charge in [0.2, 0.25) is 5.91 Å². The Balaban J connectivity index is 1.56. The zero-order valence-corrected chi connectivity index (χ0v) is 25.7. The summed E-state index contributed by atoms with van der Waals surface area (Å²) in [5.74, 6) is -1.48. The minimum atomic E-state index is -1.07. The molecular weight excluding hydrogens is 584 g/mol. The number of amides is 4. The summed E-state index contributed by atoms with van der Waals surface area (Å²) in [5.41, 5.74) is 2.27. The number of benzene rings is 2. The lowest BCUT2D eigenvalue weighted by atomic mass is 9.91. The molecule has 3 aromatic rings. The molecule has 12 heteroatoms. The monoisotopic (exact) mass is 620 g/mol. The first-order valence-electron chi connectivity index (χ1n) is 14.3. The number of carbonyl (C=O) groups is 4. The Kier molecular flexibility index (Phi) is 10.4. The van der Waals surface area contributed by atoms with E-state index in [-0.39, 0.29) is 23.3 Å². The van der Waals surface area contributed by atoms with Crippen molar-refractivity contribution in [2.75, 3.05) is 41.7 Å². The smallest absolute Gasteiger partial charge is 0.323 e. The van der Waals surface area contributed by atoms with Crippen LogP contribution in [0.5, 0.6) is 0 Å². The molecule has 1 atom stereocenters. The molecule has 1 aliphatic heterocycles. The number of carboxylic acid groups (broad SMARTS) is 1. The van der Waals surface area contributed by atoms with E-state index in [9.17, 15) is 24.3 Å². The maximum Gasteiger partial charge on any atom is 0.323 e. The Morgan fingerprint density at radius 2 is 1.68 bits per heavy atom. The van der Waals surface area contributed by atoms with Gasteiger partial charge in [-0.2, -0.15) is 0 Å². The molecule has 2 aromatic carbocycles. The van der Waals surface area contributed by atoms with E-state index in [1.807, 2.05) is 25.7 Å². The first-order chi connectivity index (χ1) is 20.9. The van der Waals surface area contributed by atoms with Crippen LogP contribution in [0.3, 0.4) is 0 Å². The predicted octanol–water partition coefficient (Wildman–Crippen LogP) is 5.41. The number of carboxylic acids is 1. The Morgan fingerprint density at radius 3 is 2.30 bits per heavy atom. The van der Waals surface area contributed by atoms with Gasteiger partial charge >= 0.3 is 12.0 Å². The summed E-state index contributed by atoms with van der Waals surface area (Å²) < 4.78 is 0. The second kappa shape index (κ2) is 14.2. The van der Waals surface area contributed by atoms with Crippen molar-refractivity contribution < 1.29 is 24.3 Å². The SMILES string of the molecule is CC(C)(C)CC(=O)N1CCN(c2ccc(C(=O)NC(CC(=O)O)c3cccnc3)cc2NC(=O)Nc2ccc(Cl)cc2)CC1. The summed E-state index contributed by atoms with van der Waals surface area (Å²) >= 11 is 5.96. The van der Waals surface area contributed by atoms with Crippen LogP contribution in [-0.2, 0) is 9.59 Å². The Hall–Kier alpha value is -4.64. The van der Waals surface area contributed by atoms with E-state index in [4.69, 9.17) is 11.6 Å². The molecule has 0 radical (unpaired) electrons. The van der Waals surface area contributed by atoms with Crippen molar-refractivity contribution in [3.8, 4) is 0 Å². The minimum absolute atomic E-state index is 0.106. The van der Waals surface area contributed by atoms with Crippen molar-refractivity contribution in [2.24, 2.45) is 5.41 Å². The van der Waals surface area contributed by atoms with Crippen LogP contribution in [0.1, 0.15) is 55.6 Å². The molecule has 1 aromatic heterocycles. The van der Waals surface area contributed by atoms with E-state index in [2.05, 4.69) is 25.8 Å². The molecule has 4 amide bonds. The summed E-state index contributed by atoms with van der Waals surface area (Å²) in [6.45, 7) is 8.23. The lowest BCUT2D eigenvalue weighted by molar-refractivity contribution is -0.137. The topological polar surface area (TPSA) is 144 Å². The van der Waals surface area contributed by atoms with Crippen molar-refractivity contribution in [1.29, 1.82) is 0 Å². The largest absolute Gasteiger partial charge is 0.481 e. The highest BCUT2D eigenvalue weighted by atomic mass is 35.5. The molecule has 4 N–H and O–H groups in total. The number of urea groups is 1. The molecule has 232 valence electrons. The molecular formula is C32H37ClN6O5. The molecule has 0 spiro atoms. The number of aliphatic carboxylic acids is 1. The summed E-state index contributed by atoms with van der Waals surface area (Å²) in [7, 11) is 0. The van der Waals surface area contributed by atoms with Gasteiger partial charge in [0.15, 0.2) is 0 Å². The Morgan fingerprint density at radius 1 is 0.977 bits per heavy atom. The van der Waals surface area contributed by atoms with Gasteiger partial charge in [0.25, 0.3) is 5.91 Å². The number of anilines is 3. The van der Waals surface area contributed by atoms with Gasteiger partial charge in [-0.05, 0) is 59.5 Å². The third-order valence-electron chi connectivity index (χ3n) is 7.03. The molecule has 2 heterocycles. The van der Waals surface area contributed by atoms with Gasteiger partial charge in [-0.1, -0.05) is 38.4 Å². The molecule has 44 heavy (non-hydrogen) atoms. The quantitative estimate of drug-likeness (QED) is 0.250. The highest BCUT2D eigenvalue weighted by molar-refractivity contribution is 6.30. The highest BCUT2D eigenvalue weighted by Gasteiger charge is 2.27. The third-order valence-corrected chi connectivity index (χ3v) is 7.29. The standard InChI is InChI=1S/C32H37ClN6O5/c1-32(2,3)19-28(40)39-15-13-38(14-16-39)27-11-6-21(17-26(27)37-31(44)35-24-9-7-23(33)8-10-24)30(43)36-25(18-29(41)42)22-5-4-12-34-20-22/h4-12,17,20,25H,13-16,18-19H2,1-3H3,(H,36,43)(H,41,42)(H2,35,37,44). The lowest BCUT2D eigenvalue weighted by Crippen LogP contribution is -2.49. The second-order valence-electron chi connectivity index (χ2n) is 11.8. The van der Waals surface area contributed by atoms with Crippen LogP contribution in [0, 0.1) is 5.41 Å². The minimum Gasteiger partial charge on any atom is -0.481 e. The van der Waals surface area contributed by atoms with Crippen LogP contribution in [-0.4, -0.2) is 65.0 Å². The van der Waals surface area contributed by atoms with Crippen molar-refractivity contribution in [1.82, 2.24) is 15.2 Å². The van der Waals surface area contributed by atoms with Crippen LogP contribution in [0.15, 0.2) is 67.0 Å². The van der Waals surface area contributed by atoms with E-state index in [1.165, 1.54) is 6.20 Å². The van der Waals surface area contributed by atoms with Crippen molar-refractivity contribution in [2.45, 2.75) is 39.7 Å². The molecule has 0 aliphatic carbocycles. The molecule has 0 bridgehead atoms. The van der Waals surface area contributed by atoms with Gasteiger partial charge in [-0.3, -0.25) is 19.4 Å². The van der Waals surface area contributed by atoms with Gasteiger partial charge in [-0.15, -0.1) is 0 Å². The number of rotatable bonds is 9. The van der Waals surface area contributed by atoms with E-state index in [0.717, 1.165) is 0 Å². The number of nitrogens with zero attached hydrogens (tertiary/aromatic N) is 3. The van der Waals surface area contributed by atoms with Gasteiger partial charge in [0.1, 0.15) is 0 Å². The van der Waals surface area contributed by atoms with Gasteiger partial charge in [0, 0.05) is 61.3 Å². The van der Waals surface area contributed by atoms with Gasteiger partial charge in [-0.25, -0.2) is 4.79 Å². The first kappa shape index (κ1) is 32.3. The summed E-state index contributed by atoms with van der Waals surface area (Å²) in [6, 6.07) is 13.6. The number of piperazine rings is 1. The lowest BCUT2D eigenvalue weighted by Gasteiger charge is -2.38. The summed E-state index contributed by atoms with van der Waals surface area (Å²) in [6.07, 6.45) is 3.20. The van der Waals surface area contributed by atoms with E-state index < -0.39 is 23.9 Å². The number of aromatic nitrogens is 1. The fraction of sp³-hybridized carbons (Fsp3) is 0.344. The third kappa shape index (κ3) is 9.18. The van der Waals surface area contributed by atoms with Crippen molar-refractivity contribution in [3.05, 3.63) is 83.1 Å². The number of nitrogens with one attached hydrogen (secondary N) is 3. The number of hydrogen-bond acceptors (Lipinski definition) is 6. The second-order valence-corrected chi connectivity index (χ2v) is 12.3. The molecule has 1 saturated heterocycles. The van der Waals surface area contributed by atoms with Gasteiger partial charge in [0.05, 0.1) is 23.8 Å². The Bertz CT molecular complexity index is 1490. The van der Waals surface area contributed by atoms with Crippen LogP contribution in [0.4, 0.5) is 21.9 Å². The van der Waals surface area contributed by atoms with Crippen LogP contribution in [0.2, 0.25) is 5.02 Å². The van der Waals surface area contributed by atoms with Crippen LogP contribution < -0.4 is 20.9 Å². The Labute approximate surface area is 261 Å². The number of pyridine rings is 1. The number of halogens is 1. The molecule has 11 nitrogen and oxygen atoms in total. The van der Waals surface area contributed by atoms with E-state index >= 15 is 0 Å². The fourth-order valence-electron chi connectivity index (χ4n) is 4.88. The normalized spacial score (nSPS) is 14.0. The fourth-order valence-corrected chi connectivity index (χ4v) is 5.01. The first-order valence-corrected chi connectivity index (χ1v) is 14.7. The predicted molar refractivity (Wildman–Crippen MR) is 170 cm³/mol. The zero-order chi connectivity index (χ0) is 31.9. The van der Waals surface area contributed by atoms with Crippen molar-refractivity contribution in [3.63, 3.8) is 0 Å². The zero-order valence-electron chi connectivity index (χ0n) is 25.0. The number of carbonyl (C=O) groups excluding carboxylic acids is 3. The maximum absolute atomic E-state index is 13.4. The maximum atomic E-state index is 13.4. The summed E-state index contributed by atoms with van der Waals surface area (Å²) in [4.78, 5) is 58.7. The molecule has 1 aliphatic rings. The van der Waals surface area contributed by atoms with Crippen LogP contribution >= 0.6 is 11.6 Å². The molecule has 1 fully saturated rings. The highest BCUT2D eigenvalue weighted by Crippen LogP contribution is 2.30. The average molecular weight is 621 g/mol.